The second-order valence-corrected chi connectivity index (χ2v) is 6.06. The van der Waals surface area contributed by atoms with Crippen LogP contribution in [0.15, 0.2) is 0 Å². The molecule has 2 aliphatic rings. The number of aliphatic carboxylic acids is 1. The lowest BCUT2D eigenvalue weighted by molar-refractivity contribution is -0.143. The molecule has 0 aliphatic heterocycles. The summed E-state index contributed by atoms with van der Waals surface area (Å²) in [5.41, 5.74) is -1.07. The summed E-state index contributed by atoms with van der Waals surface area (Å²) in [5, 5.41) is 11.9. The van der Waals surface area contributed by atoms with Crippen molar-refractivity contribution in [1.29, 1.82) is 0 Å². The third-order valence-corrected chi connectivity index (χ3v) is 3.65. The Labute approximate surface area is 101 Å². The molecule has 2 N–H and O–H groups in total. The number of amides is 1. The van der Waals surface area contributed by atoms with Gasteiger partial charge in [-0.3, -0.25) is 4.79 Å². The van der Waals surface area contributed by atoms with Crippen molar-refractivity contribution in [2.24, 2.45) is 11.3 Å². The summed E-state index contributed by atoms with van der Waals surface area (Å²) < 4.78 is 5.16. The Morgan fingerprint density at radius 3 is 2.47 bits per heavy atom. The minimum atomic E-state index is -0.726. The summed E-state index contributed by atoms with van der Waals surface area (Å²) in [7, 11) is 0. The van der Waals surface area contributed by atoms with Crippen molar-refractivity contribution in [2.45, 2.75) is 51.7 Å². The number of hydrogen-bond acceptors (Lipinski definition) is 3. The first-order chi connectivity index (χ1) is 7.74. The molecular formula is C12H19NO4. The lowest BCUT2D eigenvalue weighted by Gasteiger charge is -2.22. The second-order valence-electron chi connectivity index (χ2n) is 6.06. The van der Waals surface area contributed by atoms with Gasteiger partial charge in [0.05, 0.1) is 5.41 Å². The molecule has 0 spiro atoms. The van der Waals surface area contributed by atoms with Crippen molar-refractivity contribution in [3.05, 3.63) is 0 Å². The fraction of sp³-hybridized carbons (Fsp3) is 0.833. The van der Waals surface area contributed by atoms with Gasteiger partial charge in [-0.1, -0.05) is 0 Å². The third kappa shape index (κ3) is 2.23. The fourth-order valence-electron chi connectivity index (χ4n) is 2.75. The third-order valence-electron chi connectivity index (χ3n) is 3.65. The van der Waals surface area contributed by atoms with Crippen LogP contribution in [-0.4, -0.2) is 28.8 Å². The van der Waals surface area contributed by atoms with Gasteiger partial charge in [0.1, 0.15) is 5.60 Å². The van der Waals surface area contributed by atoms with Crippen molar-refractivity contribution in [3.8, 4) is 0 Å². The molecule has 0 aromatic carbocycles. The molecule has 0 radical (unpaired) electrons. The molecule has 2 fully saturated rings. The fourth-order valence-corrected chi connectivity index (χ4v) is 2.75. The number of rotatable bonds is 2. The molecule has 5 heteroatoms. The molecule has 17 heavy (non-hydrogen) atoms. The summed E-state index contributed by atoms with van der Waals surface area (Å²) >= 11 is 0. The molecule has 2 rings (SSSR count). The Morgan fingerprint density at radius 2 is 2.06 bits per heavy atom. The van der Waals surface area contributed by atoms with Crippen LogP contribution in [0.1, 0.15) is 40.0 Å². The van der Waals surface area contributed by atoms with Gasteiger partial charge in [-0.25, -0.2) is 4.79 Å². The quantitative estimate of drug-likeness (QED) is 0.772. The minimum Gasteiger partial charge on any atom is -0.481 e. The first-order valence-electron chi connectivity index (χ1n) is 5.97. The first kappa shape index (κ1) is 12.2. The molecule has 0 heterocycles. The minimum absolute atomic E-state index is 0.0408. The summed E-state index contributed by atoms with van der Waals surface area (Å²) in [4.78, 5) is 22.7. The summed E-state index contributed by atoms with van der Waals surface area (Å²) in [6, 6.07) is -0.0408. The van der Waals surface area contributed by atoms with Gasteiger partial charge in [0.2, 0.25) is 0 Å². The van der Waals surface area contributed by atoms with Gasteiger partial charge >= 0.3 is 12.1 Å². The number of carbonyl (C=O) groups excluding carboxylic acids is 1. The van der Waals surface area contributed by atoms with Crippen LogP contribution < -0.4 is 5.32 Å². The lowest BCUT2D eigenvalue weighted by Crippen LogP contribution is -2.39. The highest BCUT2D eigenvalue weighted by molar-refractivity contribution is 5.80. The zero-order chi connectivity index (χ0) is 12.8. The van der Waals surface area contributed by atoms with Crippen molar-refractivity contribution in [2.75, 3.05) is 0 Å². The Morgan fingerprint density at radius 1 is 1.41 bits per heavy atom. The van der Waals surface area contributed by atoms with Crippen LogP contribution in [0, 0.1) is 11.3 Å². The number of fused-ring (bicyclic) bond motifs is 1. The van der Waals surface area contributed by atoms with E-state index in [0.29, 0.717) is 12.8 Å². The molecule has 0 unspecified atom stereocenters. The van der Waals surface area contributed by atoms with Crippen molar-refractivity contribution in [3.63, 3.8) is 0 Å². The highest BCUT2D eigenvalue weighted by Gasteiger charge is 2.67. The number of carboxylic acids is 1. The van der Waals surface area contributed by atoms with Crippen LogP contribution in [0.4, 0.5) is 4.79 Å². The highest BCUT2D eigenvalue weighted by Crippen LogP contribution is 2.63. The Kier molecular flexibility index (Phi) is 2.60. The second kappa shape index (κ2) is 3.62. The monoisotopic (exact) mass is 241 g/mol. The van der Waals surface area contributed by atoms with E-state index in [1.807, 2.05) is 0 Å². The first-order valence-corrected chi connectivity index (χ1v) is 5.97. The van der Waals surface area contributed by atoms with E-state index in [9.17, 15) is 9.59 Å². The number of carboxylic acid groups (broad SMARTS) is 1. The largest absolute Gasteiger partial charge is 0.481 e. The average molecular weight is 241 g/mol. The maximum Gasteiger partial charge on any atom is 0.407 e. The molecule has 1 amide bonds. The standard InChI is InChI=1S/C12H19NO4/c1-11(2,3)17-10(16)13-8-4-5-12(9(14)15)6-7(8)12/h7-8H,4-6H2,1-3H3,(H,13,16)(H,14,15)/t7-,8-,12+/m0/s1. The van der Waals surface area contributed by atoms with Crippen LogP contribution in [0.3, 0.4) is 0 Å². The summed E-state index contributed by atoms with van der Waals surface area (Å²) in [5.74, 6) is -0.636. The van der Waals surface area contributed by atoms with E-state index in [-0.39, 0.29) is 12.0 Å². The predicted octanol–water partition coefficient (Wildman–Crippen LogP) is 1.76. The zero-order valence-corrected chi connectivity index (χ0v) is 10.4. The van der Waals surface area contributed by atoms with E-state index in [0.717, 1.165) is 6.42 Å². The van der Waals surface area contributed by atoms with Crippen LogP contribution in [0.5, 0.6) is 0 Å². The van der Waals surface area contributed by atoms with E-state index in [1.54, 1.807) is 20.8 Å². The topological polar surface area (TPSA) is 75.6 Å². The molecule has 5 nitrogen and oxygen atoms in total. The Balaban J connectivity index is 1.87. The van der Waals surface area contributed by atoms with Gasteiger partial charge in [0, 0.05) is 6.04 Å². The molecule has 2 saturated carbocycles. The number of nitrogens with one attached hydrogen (secondary N) is 1. The van der Waals surface area contributed by atoms with Gasteiger partial charge in [-0.2, -0.15) is 0 Å². The molecule has 2 aliphatic carbocycles. The SMILES string of the molecule is CC(C)(C)OC(=O)N[C@H]1CC[C@@]2(C(=O)O)C[C@@H]12. The van der Waals surface area contributed by atoms with Crippen molar-refractivity contribution >= 4 is 12.1 Å². The van der Waals surface area contributed by atoms with E-state index < -0.39 is 23.1 Å². The van der Waals surface area contributed by atoms with Gasteiger partial charge in [0.15, 0.2) is 0 Å². The summed E-state index contributed by atoms with van der Waals surface area (Å²) in [6.07, 6.45) is 1.63. The van der Waals surface area contributed by atoms with E-state index >= 15 is 0 Å². The van der Waals surface area contributed by atoms with E-state index in [4.69, 9.17) is 9.84 Å². The zero-order valence-electron chi connectivity index (χ0n) is 10.4. The van der Waals surface area contributed by atoms with Crippen molar-refractivity contribution in [1.82, 2.24) is 5.32 Å². The van der Waals surface area contributed by atoms with Gasteiger partial charge in [-0.15, -0.1) is 0 Å². The number of ether oxygens (including phenoxy) is 1. The number of carbonyl (C=O) groups is 2. The number of alkyl carbamates (subject to hydrolysis) is 1. The van der Waals surface area contributed by atoms with E-state index in [1.165, 1.54) is 0 Å². The predicted molar refractivity (Wildman–Crippen MR) is 60.6 cm³/mol. The lowest BCUT2D eigenvalue weighted by atomic mass is 10.1. The Hall–Kier alpha value is -1.26. The normalized spacial score (nSPS) is 35.0. The highest BCUT2D eigenvalue weighted by atomic mass is 16.6. The molecule has 0 aromatic heterocycles. The van der Waals surface area contributed by atoms with Crippen LogP contribution in [0.2, 0.25) is 0 Å². The maximum atomic E-state index is 11.6. The number of hydrogen-bond donors (Lipinski definition) is 2. The smallest absolute Gasteiger partial charge is 0.407 e. The average Bonchev–Trinajstić information content (AvgIpc) is 2.77. The van der Waals surface area contributed by atoms with Gasteiger partial charge in [-0.05, 0) is 46.0 Å². The van der Waals surface area contributed by atoms with Crippen LogP contribution >= 0.6 is 0 Å². The maximum absolute atomic E-state index is 11.6. The molecule has 0 aromatic rings. The van der Waals surface area contributed by atoms with Gasteiger partial charge in [0.25, 0.3) is 0 Å². The Bertz CT molecular complexity index is 360. The van der Waals surface area contributed by atoms with Crippen LogP contribution in [-0.2, 0) is 9.53 Å². The molecule has 3 atom stereocenters. The van der Waals surface area contributed by atoms with Gasteiger partial charge < -0.3 is 15.2 Å². The van der Waals surface area contributed by atoms with Crippen LogP contribution in [0.25, 0.3) is 0 Å². The summed E-state index contributed by atoms with van der Waals surface area (Å²) in [6.45, 7) is 5.42. The van der Waals surface area contributed by atoms with E-state index in [2.05, 4.69) is 5.32 Å². The molecule has 0 saturated heterocycles. The molecular weight excluding hydrogens is 222 g/mol. The molecule has 0 bridgehead atoms. The van der Waals surface area contributed by atoms with Crippen molar-refractivity contribution < 1.29 is 19.4 Å². The molecule has 96 valence electrons.